The minimum Gasteiger partial charge on any atom is -0.415 e. The van der Waals surface area contributed by atoms with Crippen molar-refractivity contribution in [2.45, 2.75) is 60.3 Å². The summed E-state index contributed by atoms with van der Waals surface area (Å²) in [5.41, 5.74) is 6.20. The summed E-state index contributed by atoms with van der Waals surface area (Å²) < 4.78 is 6.10. The topological polar surface area (TPSA) is 51.8 Å². The summed E-state index contributed by atoms with van der Waals surface area (Å²) in [6.07, 6.45) is 4.51. The van der Waals surface area contributed by atoms with Crippen LogP contribution in [0.4, 0.5) is 0 Å². The molecule has 0 bridgehead atoms. The number of nitrogens with zero attached hydrogens (tertiary/aromatic N) is 3. The summed E-state index contributed by atoms with van der Waals surface area (Å²) >= 11 is 1.84. The van der Waals surface area contributed by atoms with Crippen LogP contribution in [0.15, 0.2) is 16.5 Å². The Morgan fingerprint density at radius 1 is 1.08 bits per heavy atom. The summed E-state index contributed by atoms with van der Waals surface area (Å²) in [5.74, 6) is 1.23. The molecular formula is C21H25N3OS. The number of aryl methyl sites for hydroxylation is 3. The number of hydrogen-bond donors (Lipinski definition) is 0. The number of fused-ring (bicyclic) bond motifs is 1. The highest BCUT2D eigenvalue weighted by molar-refractivity contribution is 7.15. The van der Waals surface area contributed by atoms with E-state index in [2.05, 4.69) is 36.0 Å². The van der Waals surface area contributed by atoms with Crippen LogP contribution in [-0.2, 0) is 19.3 Å². The first-order valence-corrected chi connectivity index (χ1v) is 10.1. The van der Waals surface area contributed by atoms with Crippen LogP contribution in [0, 0.1) is 19.3 Å². The maximum Gasteiger partial charge on any atom is 0.258 e. The third-order valence-electron chi connectivity index (χ3n) is 5.18. The van der Waals surface area contributed by atoms with Crippen molar-refractivity contribution in [1.29, 1.82) is 0 Å². The fraction of sp³-hybridized carbons (Fsp3) is 0.476. The van der Waals surface area contributed by atoms with Crippen LogP contribution in [-0.4, -0.2) is 15.2 Å². The molecule has 0 fully saturated rings. The smallest absolute Gasteiger partial charge is 0.258 e. The number of hydrogen-bond acceptors (Lipinski definition) is 5. The Kier molecular flexibility index (Phi) is 4.22. The molecule has 0 aromatic carbocycles. The van der Waals surface area contributed by atoms with Crippen LogP contribution < -0.4 is 0 Å². The fourth-order valence-electron chi connectivity index (χ4n) is 3.90. The van der Waals surface area contributed by atoms with Gasteiger partial charge in [0.1, 0.15) is 0 Å². The molecule has 136 valence electrons. The van der Waals surface area contributed by atoms with Crippen molar-refractivity contribution in [2.24, 2.45) is 5.41 Å². The zero-order valence-electron chi connectivity index (χ0n) is 16.1. The van der Waals surface area contributed by atoms with Crippen molar-refractivity contribution < 1.29 is 4.42 Å². The third-order valence-corrected chi connectivity index (χ3v) is 6.58. The van der Waals surface area contributed by atoms with E-state index in [1.165, 1.54) is 27.3 Å². The molecule has 0 saturated carbocycles. The summed E-state index contributed by atoms with van der Waals surface area (Å²) in [7, 11) is 0. The molecule has 3 aromatic rings. The van der Waals surface area contributed by atoms with Gasteiger partial charge in [0.2, 0.25) is 5.89 Å². The molecule has 3 aromatic heterocycles. The van der Waals surface area contributed by atoms with Gasteiger partial charge in [-0.1, -0.05) is 20.8 Å². The molecule has 4 rings (SSSR count). The summed E-state index contributed by atoms with van der Waals surface area (Å²) in [6, 6.07) is 3.99. The van der Waals surface area contributed by atoms with Gasteiger partial charge >= 0.3 is 0 Å². The van der Waals surface area contributed by atoms with Crippen molar-refractivity contribution >= 4 is 11.3 Å². The van der Waals surface area contributed by atoms with Crippen LogP contribution in [0.5, 0.6) is 0 Å². The lowest BCUT2D eigenvalue weighted by molar-refractivity contribution is 0.315. The Morgan fingerprint density at radius 2 is 1.77 bits per heavy atom. The monoisotopic (exact) mass is 367 g/mol. The van der Waals surface area contributed by atoms with E-state index >= 15 is 0 Å². The van der Waals surface area contributed by atoms with E-state index < -0.39 is 0 Å². The second kappa shape index (κ2) is 6.31. The van der Waals surface area contributed by atoms with Gasteiger partial charge in [-0.05, 0) is 68.2 Å². The number of aromatic nitrogens is 3. The highest BCUT2D eigenvalue weighted by Crippen LogP contribution is 2.45. The molecule has 1 aliphatic rings. The highest BCUT2D eigenvalue weighted by atomic mass is 32.1. The van der Waals surface area contributed by atoms with Crippen LogP contribution >= 0.6 is 11.3 Å². The highest BCUT2D eigenvalue weighted by Gasteiger charge is 2.32. The van der Waals surface area contributed by atoms with Crippen LogP contribution in [0.2, 0.25) is 0 Å². The van der Waals surface area contributed by atoms with Gasteiger partial charge in [0.25, 0.3) is 5.89 Å². The Bertz CT molecular complexity index is 948. The SMILES string of the molecule is CCc1sc(-c2nnc(-c3cc(C)nc(C)c3)o2)c2c1CC(C)(C)CC2. The average molecular weight is 368 g/mol. The number of pyridine rings is 1. The van der Waals surface area contributed by atoms with Gasteiger partial charge in [-0.3, -0.25) is 4.98 Å². The molecule has 5 heteroatoms. The molecule has 0 saturated heterocycles. The van der Waals surface area contributed by atoms with E-state index in [9.17, 15) is 0 Å². The Hall–Kier alpha value is -2.01. The van der Waals surface area contributed by atoms with E-state index in [0.717, 1.165) is 36.2 Å². The van der Waals surface area contributed by atoms with Crippen molar-refractivity contribution in [3.8, 4) is 22.2 Å². The maximum atomic E-state index is 6.10. The first-order chi connectivity index (χ1) is 12.4. The minimum atomic E-state index is 0.376. The molecule has 0 N–H and O–H groups in total. The van der Waals surface area contributed by atoms with E-state index in [4.69, 9.17) is 4.42 Å². The second-order valence-electron chi connectivity index (χ2n) is 8.06. The largest absolute Gasteiger partial charge is 0.415 e. The van der Waals surface area contributed by atoms with Crippen LogP contribution in [0.3, 0.4) is 0 Å². The van der Waals surface area contributed by atoms with Gasteiger partial charge in [-0.25, -0.2) is 0 Å². The molecule has 0 aliphatic heterocycles. The predicted octanol–water partition coefficient (Wildman–Crippen LogP) is 5.55. The molecular weight excluding hydrogens is 342 g/mol. The van der Waals surface area contributed by atoms with Gasteiger partial charge in [-0.2, -0.15) is 0 Å². The molecule has 26 heavy (non-hydrogen) atoms. The van der Waals surface area contributed by atoms with Crippen LogP contribution in [0.25, 0.3) is 22.2 Å². The molecule has 1 aliphatic carbocycles. The van der Waals surface area contributed by atoms with E-state index in [1.807, 2.05) is 37.3 Å². The molecule has 0 radical (unpaired) electrons. The predicted molar refractivity (Wildman–Crippen MR) is 106 cm³/mol. The lowest BCUT2D eigenvalue weighted by atomic mass is 9.74. The molecule has 0 spiro atoms. The third kappa shape index (κ3) is 3.09. The van der Waals surface area contributed by atoms with Gasteiger partial charge in [0.05, 0.1) is 4.88 Å². The quantitative estimate of drug-likeness (QED) is 0.608. The Morgan fingerprint density at radius 3 is 2.46 bits per heavy atom. The normalized spacial score (nSPS) is 15.9. The standard InChI is InChI=1S/C21H25N3OS/c1-6-17-16-11-21(4,5)8-7-15(16)18(26-17)20-24-23-19(25-20)14-9-12(2)22-13(3)10-14/h9-10H,6-8,11H2,1-5H3. The summed E-state index contributed by atoms with van der Waals surface area (Å²) in [4.78, 5) is 7.07. The zero-order chi connectivity index (χ0) is 18.5. The van der Waals surface area contributed by atoms with Crippen molar-refractivity contribution in [3.05, 3.63) is 39.5 Å². The maximum absolute atomic E-state index is 6.10. The molecule has 0 atom stereocenters. The number of thiophene rings is 1. The molecule has 0 unspecified atom stereocenters. The minimum absolute atomic E-state index is 0.376. The van der Waals surface area contributed by atoms with E-state index in [1.54, 1.807) is 0 Å². The van der Waals surface area contributed by atoms with Gasteiger partial charge in [0.15, 0.2) is 0 Å². The lowest BCUT2D eigenvalue weighted by Crippen LogP contribution is -2.22. The van der Waals surface area contributed by atoms with Crippen molar-refractivity contribution in [3.63, 3.8) is 0 Å². The number of rotatable bonds is 3. The first kappa shape index (κ1) is 17.4. The van der Waals surface area contributed by atoms with Crippen molar-refractivity contribution in [1.82, 2.24) is 15.2 Å². The first-order valence-electron chi connectivity index (χ1n) is 9.29. The van der Waals surface area contributed by atoms with E-state index in [-0.39, 0.29) is 0 Å². The average Bonchev–Trinajstić information content (AvgIpc) is 3.17. The van der Waals surface area contributed by atoms with Gasteiger partial charge < -0.3 is 4.42 Å². The molecule has 3 heterocycles. The fourth-order valence-corrected chi connectivity index (χ4v) is 5.13. The molecule has 0 amide bonds. The zero-order valence-corrected chi connectivity index (χ0v) is 17.0. The van der Waals surface area contributed by atoms with Crippen molar-refractivity contribution in [2.75, 3.05) is 0 Å². The van der Waals surface area contributed by atoms with E-state index in [0.29, 0.717) is 17.2 Å². The molecule has 4 nitrogen and oxygen atoms in total. The summed E-state index contributed by atoms with van der Waals surface area (Å²) in [5, 5.41) is 8.71. The summed E-state index contributed by atoms with van der Waals surface area (Å²) in [6.45, 7) is 10.9. The Balaban J connectivity index is 1.76. The second-order valence-corrected chi connectivity index (χ2v) is 9.16. The van der Waals surface area contributed by atoms with Gasteiger partial charge in [-0.15, -0.1) is 21.5 Å². The van der Waals surface area contributed by atoms with Gasteiger partial charge in [0, 0.05) is 21.8 Å². The van der Waals surface area contributed by atoms with Crippen LogP contribution in [0.1, 0.15) is 54.6 Å². The lowest BCUT2D eigenvalue weighted by Gasteiger charge is -2.30. The Labute approximate surface area is 158 Å².